The van der Waals surface area contributed by atoms with Crippen molar-refractivity contribution in [1.29, 1.82) is 0 Å². The Balaban J connectivity index is 0.785. The van der Waals surface area contributed by atoms with E-state index in [1.165, 1.54) is 13.0 Å². The average Bonchev–Trinajstić information content (AvgIpc) is 0.623. The van der Waals surface area contributed by atoms with Crippen LogP contribution in [-0.4, -0.2) is 199 Å². The number of benzene rings is 2. The Hall–Kier alpha value is -5.03. The van der Waals surface area contributed by atoms with Crippen LogP contribution in [0.25, 0.3) is 0 Å². The summed E-state index contributed by atoms with van der Waals surface area (Å²) in [6.07, 6.45) is -14.6. The van der Waals surface area contributed by atoms with Crippen molar-refractivity contribution >= 4 is 30.4 Å². The van der Waals surface area contributed by atoms with Crippen molar-refractivity contribution < 1.29 is 108 Å². The molecule has 11 rings (SSSR count). The van der Waals surface area contributed by atoms with E-state index in [2.05, 4.69) is 58.3 Å². The molecule has 2 amide bonds. The molecule has 8 fully saturated rings. The summed E-state index contributed by atoms with van der Waals surface area (Å²) in [6.45, 7) is 13.8. The van der Waals surface area contributed by atoms with Crippen molar-refractivity contribution in [3.8, 4) is 11.5 Å². The number of phenolic OH excluding ortho intramolecular Hbond substituents is 1. The highest BCUT2D eigenvalue weighted by atomic mass is 16.8. The van der Waals surface area contributed by atoms with Gasteiger partial charge in [-0.2, -0.15) is 0 Å². The molecule has 2 aromatic carbocycles. The van der Waals surface area contributed by atoms with Crippen LogP contribution in [0.1, 0.15) is 152 Å². The number of hydrogen-bond acceptors (Lipinski definition) is 22. The number of aldehydes is 2. The van der Waals surface area contributed by atoms with Gasteiger partial charge < -0.3 is 99.7 Å². The highest BCUT2D eigenvalue weighted by Gasteiger charge is 2.88. The fourth-order valence-electron chi connectivity index (χ4n) is 19.0. The zero-order valence-corrected chi connectivity index (χ0v) is 53.4. The molecule has 25 atom stereocenters. The summed E-state index contributed by atoms with van der Waals surface area (Å²) in [5.41, 5.74) is -2.19. The summed E-state index contributed by atoms with van der Waals surface area (Å²) in [5, 5.41) is 118. The Morgan fingerprint density at radius 2 is 1.47 bits per heavy atom. The molecule has 3 aliphatic heterocycles. The molecule has 3 saturated heterocycles. The third-order valence-corrected chi connectivity index (χ3v) is 24.6. The van der Waals surface area contributed by atoms with Gasteiger partial charge >= 0.3 is 5.97 Å². The maximum absolute atomic E-state index is 15.8. The van der Waals surface area contributed by atoms with Gasteiger partial charge in [0.05, 0.1) is 48.5 Å². The number of fused-ring (bicyclic) bond motifs is 10. The second-order valence-corrected chi connectivity index (χ2v) is 29.6. The number of rotatable bonds is 20. The third-order valence-electron chi connectivity index (χ3n) is 24.6. The third kappa shape index (κ3) is 10.9. The van der Waals surface area contributed by atoms with Crippen molar-refractivity contribution in [3.63, 3.8) is 0 Å². The van der Waals surface area contributed by atoms with Gasteiger partial charge in [0.15, 0.2) is 25.0 Å². The van der Waals surface area contributed by atoms with Gasteiger partial charge in [-0.25, -0.2) is 0 Å². The van der Waals surface area contributed by atoms with E-state index < -0.39 is 156 Å². The maximum atomic E-state index is 15.8. The van der Waals surface area contributed by atoms with E-state index >= 15 is 4.79 Å². The molecule has 0 bridgehead atoms. The van der Waals surface area contributed by atoms with Crippen LogP contribution in [-0.2, 0) is 49.4 Å². The maximum Gasteiger partial charge on any atom is 0.317 e. The molecule has 508 valence electrons. The summed E-state index contributed by atoms with van der Waals surface area (Å²) in [7, 11) is 0. The van der Waals surface area contributed by atoms with Gasteiger partial charge in [0.2, 0.25) is 12.2 Å². The first-order valence-electron chi connectivity index (χ1n) is 32.8. The minimum atomic E-state index is -1.98. The molecule has 24 nitrogen and oxygen atoms in total. The number of esters is 1. The van der Waals surface area contributed by atoms with E-state index in [4.69, 9.17) is 33.2 Å². The second-order valence-electron chi connectivity index (χ2n) is 29.6. The summed E-state index contributed by atoms with van der Waals surface area (Å²) < 4.78 is 42.3. The van der Waals surface area contributed by atoms with Crippen LogP contribution in [0.3, 0.4) is 0 Å². The Morgan fingerprint density at radius 3 is 2.16 bits per heavy atom. The number of aromatic hydroxyl groups is 1. The van der Waals surface area contributed by atoms with Crippen molar-refractivity contribution in [1.82, 2.24) is 10.6 Å². The number of phenols is 1. The molecular weight excluding hydrogens is 1200 g/mol. The van der Waals surface area contributed by atoms with Gasteiger partial charge in [-0.3, -0.25) is 19.2 Å². The summed E-state index contributed by atoms with van der Waals surface area (Å²) in [6, 6.07) is 9.73. The molecule has 3 heterocycles. The van der Waals surface area contributed by atoms with Crippen LogP contribution in [0.2, 0.25) is 0 Å². The van der Waals surface area contributed by atoms with Crippen LogP contribution in [0, 0.1) is 55.7 Å². The molecule has 6 aliphatic carbocycles. The van der Waals surface area contributed by atoms with Gasteiger partial charge in [-0.15, -0.1) is 0 Å². The van der Waals surface area contributed by atoms with E-state index in [1.807, 2.05) is 0 Å². The lowest BCUT2D eigenvalue weighted by molar-refractivity contribution is -0.397. The highest BCUT2D eigenvalue weighted by molar-refractivity contribution is 5.94. The molecule has 12 N–H and O–H groups in total. The number of nitrogens with one attached hydrogen (secondary N) is 2. The zero-order chi connectivity index (χ0) is 66.4. The Bertz CT molecular complexity index is 3110. The van der Waals surface area contributed by atoms with E-state index in [1.54, 1.807) is 36.4 Å². The highest BCUT2D eigenvalue weighted by Crippen LogP contribution is 2.89. The summed E-state index contributed by atoms with van der Waals surface area (Å²) in [4.78, 5) is 67.0. The van der Waals surface area contributed by atoms with Crippen LogP contribution >= 0.6 is 0 Å². The molecule has 0 aromatic heterocycles. The van der Waals surface area contributed by atoms with Gasteiger partial charge in [-0.05, 0) is 146 Å². The molecular formula is C68H94N2O22. The predicted octanol–water partition coefficient (Wildman–Crippen LogP) is 2.78. The quantitative estimate of drug-likeness (QED) is 0.0392. The van der Waals surface area contributed by atoms with Crippen molar-refractivity contribution in [2.24, 2.45) is 55.7 Å². The van der Waals surface area contributed by atoms with E-state index in [0.717, 1.165) is 24.7 Å². The summed E-state index contributed by atoms with van der Waals surface area (Å²) in [5.74, 6) is -2.19. The predicted molar refractivity (Wildman–Crippen MR) is 323 cm³/mol. The van der Waals surface area contributed by atoms with E-state index in [-0.39, 0.29) is 78.0 Å². The number of carbonyl (C=O) groups is 5. The van der Waals surface area contributed by atoms with Gasteiger partial charge in [-0.1, -0.05) is 77.8 Å². The topological polar surface area (TPSA) is 376 Å². The molecule has 0 radical (unpaired) electrons. The van der Waals surface area contributed by atoms with Crippen LogP contribution in [0.15, 0.2) is 54.1 Å². The number of aliphatic hydroxyl groups is 9. The van der Waals surface area contributed by atoms with Crippen LogP contribution in [0.5, 0.6) is 11.5 Å². The monoisotopic (exact) mass is 1290 g/mol. The lowest BCUT2D eigenvalue weighted by atomic mass is 9.17. The van der Waals surface area contributed by atoms with Gasteiger partial charge in [0.1, 0.15) is 78.6 Å². The first-order valence-corrected chi connectivity index (χ1v) is 32.8. The molecule has 5 saturated carbocycles. The van der Waals surface area contributed by atoms with E-state index in [0.29, 0.717) is 62.4 Å². The SMILES string of the molecule is CC1O[C@@H](OC2C(O)[C@@H](NC(=O)CCCCCNC(=O)c3ccc(COc4cccc(O)c4C=O)cc3)C(CO)O[C@H]2OC(=O)[C@]23CCC(C)(C)CC2C2=CCC4C5(C)[C@@H](CC[C@@]4(C)[C@]2(C)CC3O)[C@@]2(C=O)[C@@H](O)CC52C)C(O)C(O)[C@H]1O[C@@H]1OC[C@@H](O)C(O)C1O. The van der Waals surface area contributed by atoms with Crippen LogP contribution < -0.4 is 15.4 Å². The molecule has 13 unspecified atom stereocenters. The minimum absolute atomic E-state index is 0.00580. The molecule has 0 spiro atoms. The number of carbonyl (C=O) groups excluding carboxylic acids is 5. The second kappa shape index (κ2) is 25.5. The van der Waals surface area contributed by atoms with Crippen molar-refractivity contribution in [3.05, 3.63) is 70.8 Å². The van der Waals surface area contributed by atoms with Gasteiger partial charge in [0, 0.05) is 18.5 Å². The number of allylic oxidation sites excluding steroid dienone is 2. The zero-order valence-electron chi connectivity index (χ0n) is 53.4. The molecule has 2 aromatic rings. The molecule has 24 heteroatoms. The Labute approximate surface area is 535 Å². The smallest absolute Gasteiger partial charge is 0.317 e. The fraction of sp³-hybridized carbons (Fsp3) is 0.721. The number of aliphatic hydroxyl groups excluding tert-OH is 9. The normalized spacial score (nSPS) is 44.1. The number of amides is 2. The van der Waals surface area contributed by atoms with Crippen LogP contribution in [0.4, 0.5) is 0 Å². The van der Waals surface area contributed by atoms with Crippen molar-refractivity contribution in [2.45, 2.75) is 230 Å². The van der Waals surface area contributed by atoms with E-state index in [9.17, 15) is 70.2 Å². The largest absolute Gasteiger partial charge is 0.507 e. The lowest BCUT2D eigenvalue weighted by Gasteiger charge is -2.86. The van der Waals surface area contributed by atoms with Gasteiger partial charge in [0.25, 0.3) is 5.91 Å². The lowest BCUT2D eigenvalue weighted by Crippen LogP contribution is -2.86. The average molecular weight is 1290 g/mol. The number of unbranched alkanes of at least 4 members (excludes halogenated alkanes) is 2. The number of ether oxygens (including phenoxy) is 7. The molecule has 92 heavy (non-hydrogen) atoms. The summed E-state index contributed by atoms with van der Waals surface area (Å²) >= 11 is 0. The Kier molecular flexibility index (Phi) is 19.0. The first kappa shape index (κ1) is 68.4. The fourth-order valence-corrected chi connectivity index (χ4v) is 19.0. The first-order chi connectivity index (χ1) is 43.5. The standard InChI is InChI=1S/C68H94N2O22/c1-34-55(90-58-53(82)50(79)41(75)32-87-58)52(81)54(83)59(88-34)91-56-51(80)49(70-48(78)14-9-8-10-25-69-57(84)36-17-15-35(16-18-36)31-86-42-13-11-12-40(74)37(42)29-71)43(30-72)89-60(56)92-61(85)67-24-23-62(2,3)26-39(67)38-19-20-44-63(4,64(38,5)27-46(67)76)22-21-45-66(44,7)65(6)28-47(77)68(45,65)33-73/h11-13,15-19,29,33-34,39,41,43-47,49-56,58-60,72,74-77,79-83H,8-10,14,20-28,30-32H2,1-7H3,(H,69,84)(H,70,78)/t34?,39?,41-,43?,44?,45-,46?,47+,49+,50?,51?,52?,53?,54?,55+,56?,58+,59+,60+,63-,64-,65?,66?,67-,68+/m1/s1. The Morgan fingerprint density at radius 1 is 0.750 bits per heavy atom. The number of hydrogen-bond donors (Lipinski definition) is 12. The minimum Gasteiger partial charge on any atom is -0.507 e. The van der Waals surface area contributed by atoms with Crippen molar-refractivity contribution in [2.75, 3.05) is 19.8 Å². The molecule has 9 aliphatic rings.